The van der Waals surface area contributed by atoms with E-state index in [9.17, 15) is 4.79 Å². The summed E-state index contributed by atoms with van der Waals surface area (Å²) >= 11 is 7.41. The van der Waals surface area contributed by atoms with Crippen molar-refractivity contribution < 1.29 is 4.79 Å². The number of hydrogen-bond acceptors (Lipinski definition) is 4. The van der Waals surface area contributed by atoms with Crippen LogP contribution in [0.2, 0.25) is 5.02 Å². The number of carbonyl (C=O) groups is 1. The lowest BCUT2D eigenvalue weighted by atomic mass is 10.3. The molecule has 0 radical (unpaired) electrons. The van der Waals surface area contributed by atoms with Crippen molar-refractivity contribution in [2.75, 3.05) is 5.32 Å². The highest BCUT2D eigenvalue weighted by molar-refractivity contribution is 8.00. The fourth-order valence-corrected chi connectivity index (χ4v) is 2.82. The van der Waals surface area contributed by atoms with Crippen LogP contribution in [0.1, 0.15) is 26.8 Å². The molecule has 1 amide bonds. The van der Waals surface area contributed by atoms with Crippen molar-refractivity contribution in [2.24, 2.45) is 0 Å². The van der Waals surface area contributed by atoms with Gasteiger partial charge in [0.15, 0.2) is 5.16 Å². The molecule has 1 atom stereocenters. The van der Waals surface area contributed by atoms with Crippen molar-refractivity contribution in [1.29, 1.82) is 0 Å². The molecular formula is C14H17ClN4OS. The zero-order valence-electron chi connectivity index (χ0n) is 12.1. The van der Waals surface area contributed by atoms with E-state index in [2.05, 4.69) is 15.5 Å². The minimum Gasteiger partial charge on any atom is -0.324 e. The number of benzene rings is 1. The first-order chi connectivity index (χ1) is 9.99. The van der Waals surface area contributed by atoms with Crippen molar-refractivity contribution in [3.63, 3.8) is 0 Å². The van der Waals surface area contributed by atoms with Crippen LogP contribution < -0.4 is 5.32 Å². The minimum atomic E-state index is -0.303. The van der Waals surface area contributed by atoms with Crippen LogP contribution in [0.5, 0.6) is 0 Å². The number of para-hydroxylation sites is 1. The monoisotopic (exact) mass is 324 g/mol. The second-order valence-electron chi connectivity index (χ2n) is 4.84. The van der Waals surface area contributed by atoms with E-state index in [4.69, 9.17) is 11.6 Å². The van der Waals surface area contributed by atoms with Gasteiger partial charge in [0, 0.05) is 6.04 Å². The van der Waals surface area contributed by atoms with Crippen LogP contribution in [-0.4, -0.2) is 25.9 Å². The summed E-state index contributed by atoms with van der Waals surface area (Å²) in [4.78, 5) is 12.2. The summed E-state index contributed by atoms with van der Waals surface area (Å²) in [6, 6.07) is 7.41. The van der Waals surface area contributed by atoms with Gasteiger partial charge in [-0.2, -0.15) is 0 Å². The van der Waals surface area contributed by atoms with Crippen LogP contribution in [0.15, 0.2) is 35.7 Å². The Morgan fingerprint density at radius 1 is 1.33 bits per heavy atom. The Hall–Kier alpha value is -1.53. The van der Waals surface area contributed by atoms with E-state index >= 15 is 0 Å². The number of rotatable bonds is 5. The van der Waals surface area contributed by atoms with Gasteiger partial charge in [-0.15, -0.1) is 10.2 Å². The Morgan fingerprint density at radius 3 is 2.71 bits per heavy atom. The Bertz CT molecular complexity index is 629. The number of thioether (sulfide) groups is 1. The van der Waals surface area contributed by atoms with Crippen molar-refractivity contribution in [2.45, 2.75) is 37.2 Å². The largest absolute Gasteiger partial charge is 0.324 e. The molecule has 0 saturated carbocycles. The third kappa shape index (κ3) is 3.98. The summed E-state index contributed by atoms with van der Waals surface area (Å²) in [5, 5.41) is 11.7. The van der Waals surface area contributed by atoms with Crippen molar-refractivity contribution in [3.05, 3.63) is 35.6 Å². The lowest BCUT2D eigenvalue weighted by molar-refractivity contribution is -0.115. The normalized spacial score (nSPS) is 12.4. The van der Waals surface area contributed by atoms with E-state index in [-0.39, 0.29) is 17.2 Å². The first-order valence-corrected chi connectivity index (χ1v) is 7.86. The van der Waals surface area contributed by atoms with Crippen LogP contribution in [-0.2, 0) is 4.79 Å². The van der Waals surface area contributed by atoms with Crippen LogP contribution in [0.25, 0.3) is 0 Å². The third-order valence-electron chi connectivity index (χ3n) is 2.88. The molecule has 1 aromatic carbocycles. The summed E-state index contributed by atoms with van der Waals surface area (Å²) in [6.07, 6.45) is 1.67. The quantitative estimate of drug-likeness (QED) is 0.853. The fourth-order valence-electron chi connectivity index (χ4n) is 1.68. The van der Waals surface area contributed by atoms with Gasteiger partial charge in [-0.05, 0) is 32.9 Å². The van der Waals surface area contributed by atoms with Crippen molar-refractivity contribution in [3.8, 4) is 0 Å². The minimum absolute atomic E-state index is 0.119. The number of amides is 1. The van der Waals surface area contributed by atoms with Crippen molar-refractivity contribution >= 4 is 35.0 Å². The van der Waals surface area contributed by atoms with E-state index in [1.165, 1.54) is 11.8 Å². The average molecular weight is 325 g/mol. The Kier molecular flexibility index (Phi) is 5.25. The van der Waals surface area contributed by atoms with Gasteiger partial charge in [-0.25, -0.2) is 0 Å². The molecule has 21 heavy (non-hydrogen) atoms. The van der Waals surface area contributed by atoms with E-state index in [1.807, 2.05) is 37.5 Å². The number of hydrogen-bond donors (Lipinski definition) is 1. The van der Waals surface area contributed by atoms with Gasteiger partial charge in [0.25, 0.3) is 0 Å². The van der Waals surface area contributed by atoms with Crippen LogP contribution in [0.3, 0.4) is 0 Å². The molecule has 0 spiro atoms. The number of nitrogens with zero attached hydrogens (tertiary/aromatic N) is 3. The standard InChI is InChI=1S/C14H17ClN4OS/c1-9(2)19-8-16-18-14(19)21-10(3)13(20)17-12-7-5-4-6-11(12)15/h4-10H,1-3H3,(H,17,20). The van der Waals surface area contributed by atoms with Gasteiger partial charge in [0.05, 0.1) is 16.0 Å². The van der Waals surface area contributed by atoms with Crippen LogP contribution >= 0.6 is 23.4 Å². The summed E-state index contributed by atoms with van der Waals surface area (Å²) in [6.45, 7) is 5.92. The average Bonchev–Trinajstić information content (AvgIpc) is 2.89. The molecular weight excluding hydrogens is 308 g/mol. The number of nitrogens with one attached hydrogen (secondary N) is 1. The Labute approximate surface area is 133 Å². The maximum atomic E-state index is 12.2. The molecule has 5 nitrogen and oxygen atoms in total. The highest BCUT2D eigenvalue weighted by Crippen LogP contribution is 2.26. The summed E-state index contributed by atoms with van der Waals surface area (Å²) in [5.41, 5.74) is 0.613. The molecule has 7 heteroatoms. The smallest absolute Gasteiger partial charge is 0.237 e. The predicted molar refractivity (Wildman–Crippen MR) is 85.8 cm³/mol. The molecule has 2 aromatic rings. The lowest BCUT2D eigenvalue weighted by Gasteiger charge is -2.14. The molecule has 0 aliphatic carbocycles. The molecule has 0 saturated heterocycles. The molecule has 0 aliphatic heterocycles. The Balaban J connectivity index is 2.03. The second-order valence-corrected chi connectivity index (χ2v) is 6.56. The Morgan fingerprint density at radius 2 is 2.05 bits per heavy atom. The zero-order chi connectivity index (χ0) is 15.4. The highest BCUT2D eigenvalue weighted by atomic mass is 35.5. The predicted octanol–water partition coefficient (Wildman–Crippen LogP) is 3.63. The number of aromatic nitrogens is 3. The molecule has 1 N–H and O–H groups in total. The topological polar surface area (TPSA) is 59.8 Å². The van der Waals surface area contributed by atoms with Gasteiger partial charge in [-0.3, -0.25) is 4.79 Å². The third-order valence-corrected chi connectivity index (χ3v) is 4.28. The highest BCUT2D eigenvalue weighted by Gasteiger charge is 2.19. The summed E-state index contributed by atoms with van der Waals surface area (Å²) < 4.78 is 1.93. The van der Waals surface area contributed by atoms with Crippen molar-refractivity contribution in [1.82, 2.24) is 14.8 Å². The lowest BCUT2D eigenvalue weighted by Crippen LogP contribution is -2.23. The van der Waals surface area contributed by atoms with Crippen LogP contribution in [0, 0.1) is 0 Å². The summed E-state index contributed by atoms with van der Waals surface area (Å²) in [5.74, 6) is -0.119. The fraction of sp³-hybridized carbons (Fsp3) is 0.357. The molecule has 112 valence electrons. The van der Waals surface area contributed by atoms with E-state index in [0.717, 1.165) is 5.16 Å². The molecule has 1 unspecified atom stereocenters. The van der Waals surface area contributed by atoms with Gasteiger partial charge < -0.3 is 9.88 Å². The maximum absolute atomic E-state index is 12.2. The van der Waals surface area contributed by atoms with Gasteiger partial charge >= 0.3 is 0 Å². The molecule has 0 aliphatic rings. The molecule has 1 heterocycles. The van der Waals surface area contributed by atoms with Gasteiger partial charge in [-0.1, -0.05) is 35.5 Å². The second kappa shape index (κ2) is 6.95. The first kappa shape index (κ1) is 15.9. The van der Waals surface area contributed by atoms with Gasteiger partial charge in [0.1, 0.15) is 6.33 Å². The van der Waals surface area contributed by atoms with Gasteiger partial charge in [0.2, 0.25) is 5.91 Å². The van der Waals surface area contributed by atoms with Crippen LogP contribution in [0.4, 0.5) is 5.69 Å². The SMILES string of the molecule is CC(Sc1nncn1C(C)C)C(=O)Nc1ccccc1Cl. The summed E-state index contributed by atoms with van der Waals surface area (Å²) in [7, 11) is 0. The molecule has 0 bridgehead atoms. The first-order valence-electron chi connectivity index (χ1n) is 6.60. The van der Waals surface area contributed by atoms with E-state index in [0.29, 0.717) is 10.7 Å². The zero-order valence-corrected chi connectivity index (χ0v) is 13.6. The van der Waals surface area contributed by atoms with E-state index in [1.54, 1.807) is 18.5 Å². The number of halogens is 1. The molecule has 0 fully saturated rings. The maximum Gasteiger partial charge on any atom is 0.237 e. The molecule has 1 aromatic heterocycles. The molecule has 2 rings (SSSR count). The number of anilines is 1. The van der Waals surface area contributed by atoms with E-state index < -0.39 is 0 Å². The number of carbonyl (C=O) groups excluding carboxylic acids is 1.